The molecule has 7 atom stereocenters. The number of benzene rings is 4. The van der Waals surface area contributed by atoms with E-state index in [1.807, 2.05) is 36.9 Å². The summed E-state index contributed by atoms with van der Waals surface area (Å²) in [5.74, 6) is 0.779. The summed E-state index contributed by atoms with van der Waals surface area (Å²) < 4.78 is 47.3. The van der Waals surface area contributed by atoms with Gasteiger partial charge in [-0.1, -0.05) is 62.4 Å². The number of hydrogen-bond donors (Lipinski definition) is 3. The van der Waals surface area contributed by atoms with Gasteiger partial charge in [0.1, 0.15) is 30.3 Å². The predicted molar refractivity (Wildman–Crippen MR) is 243 cm³/mol. The predicted octanol–water partition coefficient (Wildman–Crippen LogP) is 8.01. The van der Waals surface area contributed by atoms with Gasteiger partial charge in [0, 0.05) is 36.2 Å². The molecule has 2 unspecified atom stereocenters. The number of aromatic nitrogens is 2. The molecule has 0 spiro atoms. The second-order valence-corrected chi connectivity index (χ2v) is 18.4. The van der Waals surface area contributed by atoms with Crippen molar-refractivity contribution in [2.24, 2.45) is 22.7 Å². The fourth-order valence-corrected chi connectivity index (χ4v) is 10.5. The highest BCUT2D eigenvalue weighted by Gasteiger charge is 2.56. The number of likely N-dealkylation sites (tertiary alicyclic amines) is 2. The molecule has 67 heavy (non-hydrogen) atoms. The number of aromatic amines is 1. The number of aliphatic imine (C=N–C) groups is 1. The lowest BCUT2D eigenvalue weighted by atomic mass is 9.90. The molecule has 0 radical (unpaired) electrons. The van der Waals surface area contributed by atoms with Crippen molar-refractivity contribution < 1.29 is 46.9 Å². The number of nitrogens with zero attached hydrogens (tertiary/aromatic N) is 4. The third-order valence-electron chi connectivity index (χ3n) is 13.9. The van der Waals surface area contributed by atoms with Crippen LogP contribution in [0.4, 0.5) is 24.1 Å². The monoisotopic (exact) mass is 915 g/mol. The molecule has 10 rings (SSSR count). The van der Waals surface area contributed by atoms with Crippen molar-refractivity contribution in [3.63, 3.8) is 0 Å². The van der Waals surface area contributed by atoms with Crippen LogP contribution in [0.5, 0.6) is 5.75 Å². The third-order valence-corrected chi connectivity index (χ3v) is 13.9. The van der Waals surface area contributed by atoms with Crippen LogP contribution in [-0.2, 0) is 36.8 Å². The van der Waals surface area contributed by atoms with Crippen molar-refractivity contribution in [2.45, 2.75) is 83.0 Å². The number of amides is 4. The number of imidazole rings is 1. The number of ether oxygens (including phenoxy) is 4. The van der Waals surface area contributed by atoms with E-state index in [-0.39, 0.29) is 37.1 Å². The number of fused-ring (bicyclic) bond motifs is 7. The molecule has 5 heterocycles. The normalized spacial score (nSPS) is 22.0. The number of rotatable bonds is 12. The zero-order valence-corrected chi connectivity index (χ0v) is 37.5. The Bertz CT molecular complexity index is 2800. The Morgan fingerprint density at radius 3 is 2.45 bits per heavy atom. The van der Waals surface area contributed by atoms with Gasteiger partial charge in [0.2, 0.25) is 11.8 Å². The first-order chi connectivity index (χ1) is 32.4. The summed E-state index contributed by atoms with van der Waals surface area (Å²) in [6, 6.07) is 20.8. The minimum atomic E-state index is -2.95. The van der Waals surface area contributed by atoms with Crippen LogP contribution in [0.1, 0.15) is 67.7 Å². The lowest BCUT2D eigenvalue weighted by molar-refractivity contribution is -0.139. The van der Waals surface area contributed by atoms with Crippen molar-refractivity contribution in [3.05, 3.63) is 102 Å². The van der Waals surface area contributed by atoms with E-state index in [1.54, 1.807) is 41.4 Å². The Morgan fingerprint density at radius 2 is 1.69 bits per heavy atom. The lowest BCUT2D eigenvalue weighted by Crippen LogP contribution is -2.52. The second kappa shape index (κ2) is 17.7. The van der Waals surface area contributed by atoms with Crippen LogP contribution in [0.15, 0.2) is 84.0 Å². The first-order valence-electron chi connectivity index (χ1n) is 22.6. The Balaban J connectivity index is 0.887. The maximum absolute atomic E-state index is 14.4. The Labute approximate surface area is 385 Å². The zero-order valence-electron chi connectivity index (χ0n) is 37.5. The van der Waals surface area contributed by atoms with E-state index in [9.17, 15) is 28.0 Å². The van der Waals surface area contributed by atoms with Crippen LogP contribution in [-0.4, -0.2) is 102 Å². The molecule has 4 aliphatic heterocycles. The van der Waals surface area contributed by atoms with Gasteiger partial charge in [-0.25, -0.2) is 14.6 Å². The highest BCUT2D eigenvalue weighted by atomic mass is 19.3. The average Bonchev–Trinajstić information content (AvgIpc) is 3.81. The first kappa shape index (κ1) is 44.0. The molecule has 348 valence electrons. The van der Waals surface area contributed by atoms with Gasteiger partial charge in [-0.2, -0.15) is 8.78 Å². The van der Waals surface area contributed by atoms with Crippen LogP contribution in [0.25, 0.3) is 33.2 Å². The van der Waals surface area contributed by atoms with Gasteiger partial charge in [0.15, 0.2) is 0 Å². The van der Waals surface area contributed by atoms with E-state index in [1.165, 1.54) is 14.2 Å². The van der Waals surface area contributed by atoms with E-state index in [2.05, 4.69) is 39.9 Å². The first-order valence-corrected chi connectivity index (χ1v) is 22.6. The zero-order chi connectivity index (χ0) is 46.7. The fraction of sp³-hybridized carbons (Fsp3) is 0.400. The Kier molecular flexibility index (Phi) is 11.6. The highest BCUT2D eigenvalue weighted by Crippen LogP contribution is 2.54. The minimum Gasteiger partial charge on any atom is -0.488 e. The van der Waals surface area contributed by atoms with Gasteiger partial charge < -0.3 is 44.4 Å². The molecule has 3 N–H and O–H groups in total. The summed E-state index contributed by atoms with van der Waals surface area (Å²) >= 11 is 0. The van der Waals surface area contributed by atoms with Crippen LogP contribution in [0.3, 0.4) is 0 Å². The molecular weight excluding hydrogens is 865 g/mol. The van der Waals surface area contributed by atoms with Crippen molar-refractivity contribution >= 4 is 46.2 Å². The van der Waals surface area contributed by atoms with Crippen molar-refractivity contribution in [3.8, 4) is 28.1 Å². The SMILES string of the molecule is COC(=O)N[C@H](C(=O)N1[C@@H]2CC2C[C@H]1c1ncc(-c2ccc3c(c2)COc2cc4c5c(ccc4cc2-3)N=C([C@@H]2CC(COC(F)F)CN2C(=O)[C@H](NC(=O)OC)c2ccccc2)C5)[nH]1)C(C)C. The van der Waals surface area contributed by atoms with E-state index in [4.69, 9.17) is 28.9 Å². The van der Waals surface area contributed by atoms with Gasteiger partial charge in [-0.15, -0.1) is 0 Å². The van der Waals surface area contributed by atoms with E-state index in [0.717, 1.165) is 74.3 Å². The Morgan fingerprint density at radius 1 is 0.896 bits per heavy atom. The van der Waals surface area contributed by atoms with Crippen molar-refractivity contribution in [1.29, 1.82) is 0 Å². The smallest absolute Gasteiger partial charge is 0.407 e. The molecule has 1 saturated carbocycles. The summed E-state index contributed by atoms with van der Waals surface area (Å²) in [5.41, 5.74) is 7.75. The summed E-state index contributed by atoms with van der Waals surface area (Å²) in [5, 5.41) is 7.34. The molecule has 5 aromatic rings. The van der Waals surface area contributed by atoms with Gasteiger partial charge in [-0.3, -0.25) is 14.6 Å². The third kappa shape index (κ3) is 8.34. The number of piperidine rings is 1. The molecular formula is C50H51F2N7O8. The maximum Gasteiger partial charge on any atom is 0.407 e. The van der Waals surface area contributed by atoms with E-state index >= 15 is 0 Å². The lowest BCUT2D eigenvalue weighted by Gasteiger charge is -2.31. The number of halogens is 2. The van der Waals surface area contributed by atoms with Crippen molar-refractivity contribution in [2.75, 3.05) is 27.4 Å². The molecule has 1 aliphatic carbocycles. The number of methoxy groups -OCH3 is 2. The number of nitrogens with one attached hydrogen (secondary N) is 3. The van der Waals surface area contributed by atoms with Crippen molar-refractivity contribution in [1.82, 2.24) is 30.4 Å². The number of H-pyrrole nitrogens is 1. The summed E-state index contributed by atoms with van der Waals surface area (Å²) in [4.78, 5) is 69.8. The minimum absolute atomic E-state index is 0.124. The molecule has 5 aliphatic rings. The molecule has 15 nitrogen and oxygen atoms in total. The number of carbonyl (C=O) groups is 4. The molecule has 17 heteroatoms. The molecule has 4 amide bonds. The second-order valence-electron chi connectivity index (χ2n) is 18.4. The molecule has 0 bridgehead atoms. The van der Waals surface area contributed by atoms with Gasteiger partial charge in [0.25, 0.3) is 0 Å². The standard InChI is InChI=1S/C50H51F2N7O8/c1-25(2)43(56-49(62)64-3)47(61)59-39-17-30(39)18-41(59)45-53-21-38(55-45)29-10-12-32-31(15-29)24-66-42-20-33-28(16-35(32)42)11-13-36-34(33)19-37(54-36)40-14-26(23-67-48(51)52)22-58(40)46(60)44(57-50(63)65-4)27-8-6-5-7-9-27/h5-13,15-16,20-21,25-26,30,39-41,43-44,48H,14,17-19,22-24H2,1-4H3,(H,53,55)(H,56,62)(H,57,63)/t26?,30?,39-,40+,41+,43+,44-/m1/s1. The fourth-order valence-electron chi connectivity index (χ4n) is 10.5. The Hall–Kier alpha value is -6.88. The number of alkyl carbamates (subject to hydrolysis) is 2. The topological polar surface area (TPSA) is 177 Å². The van der Waals surface area contributed by atoms with Crippen LogP contribution >= 0.6 is 0 Å². The molecule has 2 saturated heterocycles. The van der Waals surface area contributed by atoms with Crippen LogP contribution < -0.4 is 15.4 Å². The quantitative estimate of drug-likeness (QED) is 0.112. The maximum atomic E-state index is 14.4. The van der Waals surface area contributed by atoms with Crippen LogP contribution in [0, 0.1) is 17.8 Å². The number of hydrogen-bond acceptors (Lipinski definition) is 10. The molecule has 4 aromatic carbocycles. The summed E-state index contributed by atoms with van der Waals surface area (Å²) in [6.07, 6.45) is 2.91. The van der Waals surface area contributed by atoms with E-state index < -0.39 is 48.7 Å². The number of alkyl halides is 2. The van der Waals surface area contributed by atoms with Gasteiger partial charge in [0.05, 0.1) is 50.5 Å². The number of carbonyl (C=O) groups excluding carboxylic acids is 4. The van der Waals surface area contributed by atoms with Gasteiger partial charge in [-0.05, 0) is 94.0 Å². The molecule has 3 fully saturated rings. The summed E-state index contributed by atoms with van der Waals surface area (Å²) in [7, 11) is 2.51. The average molecular weight is 916 g/mol. The van der Waals surface area contributed by atoms with Crippen LogP contribution in [0.2, 0.25) is 0 Å². The van der Waals surface area contributed by atoms with Gasteiger partial charge >= 0.3 is 18.8 Å². The van der Waals surface area contributed by atoms with E-state index in [0.29, 0.717) is 36.8 Å². The largest absolute Gasteiger partial charge is 0.488 e. The summed E-state index contributed by atoms with van der Waals surface area (Å²) in [6.45, 7) is 1.09. The highest BCUT2D eigenvalue weighted by molar-refractivity contribution is 6.07. The molecule has 1 aromatic heterocycles.